The number of isocyanates is 1. The lowest BCUT2D eigenvalue weighted by atomic mass is 10.1. The topological polar surface area (TPSA) is 29.4 Å². The summed E-state index contributed by atoms with van der Waals surface area (Å²) in [6, 6.07) is 3.23. The van der Waals surface area contributed by atoms with Crippen molar-refractivity contribution in [2.75, 3.05) is 0 Å². The molecule has 1 aromatic rings. The summed E-state index contributed by atoms with van der Waals surface area (Å²) in [6.45, 7) is 1.69. The van der Waals surface area contributed by atoms with E-state index in [1.165, 1.54) is 6.08 Å². The van der Waals surface area contributed by atoms with Crippen LogP contribution in [-0.4, -0.2) is 6.08 Å². The van der Waals surface area contributed by atoms with Crippen molar-refractivity contribution in [2.45, 2.75) is 13.5 Å². The van der Waals surface area contributed by atoms with Crippen LogP contribution in [0.4, 0.5) is 4.39 Å². The van der Waals surface area contributed by atoms with E-state index in [9.17, 15) is 9.18 Å². The molecule has 13 heavy (non-hydrogen) atoms. The number of nitrogens with zero attached hydrogens (tertiary/aromatic N) is 1. The number of halogens is 2. The van der Waals surface area contributed by atoms with Crippen LogP contribution in [0, 0.1) is 12.7 Å². The lowest BCUT2D eigenvalue weighted by molar-refractivity contribution is 0.562. The van der Waals surface area contributed by atoms with Gasteiger partial charge in [-0.2, -0.15) is 0 Å². The highest BCUT2D eigenvalue weighted by Gasteiger charge is 2.07. The highest BCUT2D eigenvalue weighted by molar-refractivity contribution is 6.31. The van der Waals surface area contributed by atoms with Gasteiger partial charge >= 0.3 is 0 Å². The second-order valence-corrected chi connectivity index (χ2v) is 2.96. The minimum atomic E-state index is -0.458. The highest BCUT2D eigenvalue weighted by atomic mass is 35.5. The van der Waals surface area contributed by atoms with Gasteiger partial charge in [-0.05, 0) is 18.1 Å². The van der Waals surface area contributed by atoms with E-state index < -0.39 is 5.82 Å². The summed E-state index contributed by atoms with van der Waals surface area (Å²) in [5, 5.41) is 0.0269. The van der Waals surface area contributed by atoms with E-state index in [1.54, 1.807) is 19.1 Å². The molecule has 0 saturated carbocycles. The zero-order valence-corrected chi connectivity index (χ0v) is 7.73. The Morgan fingerprint density at radius 1 is 1.62 bits per heavy atom. The quantitative estimate of drug-likeness (QED) is 0.532. The Bertz CT molecular complexity index is 372. The molecule has 0 fully saturated rings. The third-order valence-electron chi connectivity index (χ3n) is 1.67. The summed E-state index contributed by atoms with van der Waals surface area (Å²) in [5.41, 5.74) is 0.969. The molecule has 68 valence electrons. The molecule has 0 aliphatic heterocycles. The van der Waals surface area contributed by atoms with Crippen LogP contribution < -0.4 is 0 Å². The van der Waals surface area contributed by atoms with Crippen molar-refractivity contribution < 1.29 is 9.18 Å². The molecule has 1 aromatic carbocycles. The highest BCUT2D eigenvalue weighted by Crippen LogP contribution is 2.23. The molecule has 0 atom stereocenters. The first-order valence-electron chi connectivity index (χ1n) is 3.64. The Morgan fingerprint density at radius 2 is 2.31 bits per heavy atom. The first kappa shape index (κ1) is 9.90. The zero-order chi connectivity index (χ0) is 9.84. The molecule has 0 radical (unpaired) electrons. The summed E-state index contributed by atoms with van der Waals surface area (Å²) in [6.07, 6.45) is 1.37. The van der Waals surface area contributed by atoms with Crippen molar-refractivity contribution >= 4 is 17.7 Å². The van der Waals surface area contributed by atoms with Gasteiger partial charge in [-0.1, -0.05) is 23.7 Å². The first-order valence-corrected chi connectivity index (χ1v) is 4.01. The van der Waals surface area contributed by atoms with Crippen LogP contribution in [0.2, 0.25) is 5.02 Å². The maximum atomic E-state index is 13.1. The van der Waals surface area contributed by atoms with Gasteiger partial charge in [0.15, 0.2) is 0 Å². The van der Waals surface area contributed by atoms with E-state index in [1.807, 2.05) is 0 Å². The van der Waals surface area contributed by atoms with Crippen molar-refractivity contribution in [1.29, 1.82) is 0 Å². The van der Waals surface area contributed by atoms with Crippen LogP contribution in [-0.2, 0) is 11.3 Å². The average Bonchev–Trinajstić information content (AvgIpc) is 2.13. The Balaban J connectivity index is 3.10. The second-order valence-electron chi connectivity index (χ2n) is 2.58. The van der Waals surface area contributed by atoms with E-state index in [0.29, 0.717) is 11.1 Å². The molecule has 0 aromatic heterocycles. The summed E-state index contributed by atoms with van der Waals surface area (Å²) < 4.78 is 13.1. The Hall–Kier alpha value is -1.18. The third kappa shape index (κ3) is 2.14. The first-order chi connectivity index (χ1) is 6.16. The van der Waals surface area contributed by atoms with Crippen molar-refractivity contribution in [1.82, 2.24) is 0 Å². The Labute approximate surface area is 80.1 Å². The molecule has 0 saturated heterocycles. The molecule has 0 aliphatic rings. The van der Waals surface area contributed by atoms with E-state index in [4.69, 9.17) is 11.6 Å². The molecule has 0 bridgehead atoms. The maximum absolute atomic E-state index is 13.1. The van der Waals surface area contributed by atoms with Crippen molar-refractivity contribution in [2.24, 2.45) is 4.99 Å². The number of hydrogen-bond acceptors (Lipinski definition) is 2. The number of aryl methyl sites for hydroxylation is 1. The molecule has 0 aliphatic carbocycles. The van der Waals surface area contributed by atoms with E-state index in [0.717, 1.165) is 0 Å². The molecule has 2 nitrogen and oxygen atoms in total. The van der Waals surface area contributed by atoms with Gasteiger partial charge in [0.2, 0.25) is 6.08 Å². The standard InChI is InChI=1S/C9H7ClFNO/c1-6-2-3-7(4-12-5-13)8(10)9(6)11/h2-3H,4H2,1H3. The van der Waals surface area contributed by atoms with E-state index in [-0.39, 0.29) is 11.6 Å². The number of benzene rings is 1. The van der Waals surface area contributed by atoms with Gasteiger partial charge < -0.3 is 0 Å². The second kappa shape index (κ2) is 4.17. The van der Waals surface area contributed by atoms with E-state index >= 15 is 0 Å². The van der Waals surface area contributed by atoms with Crippen LogP contribution in [0.25, 0.3) is 0 Å². The Kier molecular flexibility index (Phi) is 3.18. The fraction of sp³-hybridized carbons (Fsp3) is 0.222. The van der Waals surface area contributed by atoms with Gasteiger partial charge in [-0.15, -0.1) is 0 Å². The predicted octanol–water partition coefficient (Wildman–Crippen LogP) is 2.62. The fourth-order valence-corrected chi connectivity index (χ4v) is 1.20. The number of hydrogen-bond donors (Lipinski definition) is 0. The monoisotopic (exact) mass is 199 g/mol. The molecule has 0 unspecified atom stereocenters. The summed E-state index contributed by atoms with van der Waals surface area (Å²) in [4.78, 5) is 13.1. The minimum Gasteiger partial charge on any atom is -0.211 e. The number of carbonyl (C=O) groups excluding carboxylic acids is 1. The summed E-state index contributed by atoms with van der Waals surface area (Å²) in [7, 11) is 0. The maximum Gasteiger partial charge on any atom is 0.235 e. The molecule has 4 heteroatoms. The fourth-order valence-electron chi connectivity index (χ4n) is 0.926. The lowest BCUT2D eigenvalue weighted by Crippen LogP contribution is -1.90. The zero-order valence-electron chi connectivity index (χ0n) is 6.97. The smallest absolute Gasteiger partial charge is 0.211 e. The van der Waals surface area contributed by atoms with Gasteiger partial charge in [0, 0.05) is 0 Å². The third-order valence-corrected chi connectivity index (χ3v) is 2.08. The van der Waals surface area contributed by atoms with Gasteiger partial charge in [0.25, 0.3) is 0 Å². The van der Waals surface area contributed by atoms with Crippen molar-refractivity contribution in [3.63, 3.8) is 0 Å². The number of rotatable bonds is 2. The summed E-state index contributed by atoms with van der Waals surface area (Å²) in [5.74, 6) is -0.458. The van der Waals surface area contributed by atoms with Crippen molar-refractivity contribution in [3.8, 4) is 0 Å². The molecule has 0 amide bonds. The van der Waals surface area contributed by atoms with Crippen LogP contribution in [0.5, 0.6) is 0 Å². The van der Waals surface area contributed by atoms with Gasteiger partial charge in [-0.25, -0.2) is 14.2 Å². The van der Waals surface area contributed by atoms with Crippen LogP contribution in [0.15, 0.2) is 17.1 Å². The van der Waals surface area contributed by atoms with Gasteiger partial charge in [-0.3, -0.25) is 0 Å². The summed E-state index contributed by atoms with van der Waals surface area (Å²) >= 11 is 5.67. The van der Waals surface area contributed by atoms with E-state index in [2.05, 4.69) is 4.99 Å². The normalized spacial score (nSPS) is 9.46. The Morgan fingerprint density at radius 3 is 2.92 bits per heavy atom. The molecule has 0 N–H and O–H groups in total. The van der Waals surface area contributed by atoms with Crippen LogP contribution >= 0.6 is 11.6 Å². The average molecular weight is 200 g/mol. The molecular weight excluding hydrogens is 193 g/mol. The van der Waals surface area contributed by atoms with Crippen LogP contribution in [0.3, 0.4) is 0 Å². The lowest BCUT2D eigenvalue weighted by Gasteiger charge is -2.03. The number of aliphatic imine (C=N–C) groups is 1. The molecular formula is C9H7ClFNO. The predicted molar refractivity (Wildman–Crippen MR) is 48.0 cm³/mol. The molecule has 0 spiro atoms. The van der Waals surface area contributed by atoms with Gasteiger partial charge in [0.05, 0.1) is 11.6 Å². The van der Waals surface area contributed by atoms with Crippen molar-refractivity contribution in [3.05, 3.63) is 34.1 Å². The van der Waals surface area contributed by atoms with Gasteiger partial charge in [0.1, 0.15) is 5.82 Å². The van der Waals surface area contributed by atoms with Crippen LogP contribution in [0.1, 0.15) is 11.1 Å². The molecule has 0 heterocycles. The molecule has 1 rings (SSSR count). The minimum absolute atomic E-state index is 0.0269. The SMILES string of the molecule is Cc1ccc(CN=C=O)c(Cl)c1F. The largest absolute Gasteiger partial charge is 0.235 e.